The molecular weight excluding hydrogens is 457 g/mol. The molecule has 1 heterocycles. The number of amides is 1. The van der Waals surface area contributed by atoms with Crippen LogP contribution in [0, 0.1) is 11.8 Å². The number of rotatable bonds is 12. The quantitative estimate of drug-likeness (QED) is 0.415. The third-order valence-electron chi connectivity index (χ3n) is 7.20. The number of nitrogens with zero attached hydrogens (tertiary/aromatic N) is 3. The number of carbonyl (C=O) groups excluding carboxylic acids is 1. The van der Waals surface area contributed by atoms with Crippen LogP contribution in [-0.2, 0) is 26.2 Å². The Kier molecular flexibility index (Phi) is 10.3. The van der Waals surface area contributed by atoms with E-state index in [1.54, 1.807) is 4.90 Å². The van der Waals surface area contributed by atoms with E-state index in [2.05, 4.69) is 4.90 Å². The molecule has 0 spiro atoms. The van der Waals surface area contributed by atoms with Gasteiger partial charge in [0.05, 0.1) is 11.5 Å². The lowest BCUT2D eigenvalue weighted by Gasteiger charge is -2.33. The van der Waals surface area contributed by atoms with Gasteiger partial charge in [0.25, 0.3) is 0 Å². The molecule has 1 amide bonds. The monoisotopic (exact) mass is 497 g/mol. The fraction of sp³-hybridized carbons (Fsp3) is 0.720. The highest BCUT2D eigenvalue weighted by atomic mass is 32.2. The van der Waals surface area contributed by atoms with Crippen LogP contribution < -0.4 is 0 Å². The molecule has 0 unspecified atom stereocenters. The van der Waals surface area contributed by atoms with E-state index in [9.17, 15) is 17.6 Å². The lowest BCUT2D eigenvalue weighted by Crippen LogP contribution is -2.37. The second-order valence-corrected chi connectivity index (χ2v) is 11.9. The summed E-state index contributed by atoms with van der Waals surface area (Å²) in [7, 11) is -0.393. The number of hydrogen-bond donors (Lipinski definition) is 0. The van der Waals surface area contributed by atoms with Crippen LogP contribution in [-0.4, -0.2) is 88.5 Å². The number of carbonyl (C=O) groups is 1. The molecule has 192 valence electrons. The highest BCUT2D eigenvalue weighted by Crippen LogP contribution is 2.30. The summed E-state index contributed by atoms with van der Waals surface area (Å²) < 4.78 is 44.5. The van der Waals surface area contributed by atoms with Crippen LogP contribution in [0.2, 0.25) is 0 Å². The summed E-state index contributed by atoms with van der Waals surface area (Å²) in [6.45, 7) is 4.07. The molecule has 0 atom stereocenters. The van der Waals surface area contributed by atoms with Gasteiger partial charge in [0.2, 0.25) is 15.9 Å². The van der Waals surface area contributed by atoms with Crippen molar-refractivity contribution < 1.29 is 22.3 Å². The number of halogens is 1. The van der Waals surface area contributed by atoms with Gasteiger partial charge in [-0.3, -0.25) is 4.79 Å². The third-order valence-corrected chi connectivity index (χ3v) is 9.07. The summed E-state index contributed by atoms with van der Waals surface area (Å²) in [4.78, 5) is 16.9. The van der Waals surface area contributed by atoms with Crippen molar-refractivity contribution in [3.8, 4) is 0 Å². The van der Waals surface area contributed by atoms with Gasteiger partial charge < -0.3 is 14.5 Å². The molecule has 0 N–H and O–H groups in total. The van der Waals surface area contributed by atoms with Crippen molar-refractivity contribution in [3.05, 3.63) is 29.8 Å². The summed E-state index contributed by atoms with van der Waals surface area (Å²) in [5.41, 5.74) is 0.433. The Morgan fingerprint density at radius 1 is 1.06 bits per heavy atom. The molecule has 1 saturated carbocycles. The zero-order chi connectivity index (χ0) is 24.6. The van der Waals surface area contributed by atoms with Crippen LogP contribution in [0.25, 0.3) is 0 Å². The molecule has 2 aliphatic rings. The summed E-state index contributed by atoms with van der Waals surface area (Å²) in [6, 6.07) is 5.73. The Balaban J connectivity index is 1.32. The Morgan fingerprint density at radius 3 is 2.29 bits per heavy atom. The maximum absolute atomic E-state index is 12.6. The molecule has 1 aliphatic carbocycles. The van der Waals surface area contributed by atoms with E-state index in [-0.39, 0.29) is 30.6 Å². The molecule has 1 aliphatic heterocycles. The van der Waals surface area contributed by atoms with E-state index in [0.717, 1.165) is 12.5 Å². The normalized spacial score (nSPS) is 21.8. The average molecular weight is 498 g/mol. The summed E-state index contributed by atoms with van der Waals surface area (Å²) in [5.74, 6) is 1.27. The van der Waals surface area contributed by atoms with E-state index >= 15 is 0 Å². The fourth-order valence-electron chi connectivity index (χ4n) is 4.93. The van der Waals surface area contributed by atoms with Crippen LogP contribution >= 0.6 is 0 Å². The molecule has 2 fully saturated rings. The molecule has 0 radical (unpaired) electrons. The smallest absolute Gasteiger partial charge is 0.248 e. The number of hydrogen-bond acceptors (Lipinski definition) is 5. The predicted molar refractivity (Wildman–Crippen MR) is 131 cm³/mol. The van der Waals surface area contributed by atoms with Crippen LogP contribution in [0.1, 0.15) is 44.1 Å². The minimum absolute atomic E-state index is 0.0557. The maximum Gasteiger partial charge on any atom is 0.248 e. The second kappa shape index (κ2) is 13.0. The standard InChI is InChI=1S/C25H40FN3O4S/c1-27(18-22-5-7-23(8-6-22)19-29-13-3-4-14-29)25(30)20-33-16-15-28(2)34(31,32)24-11-9-21(17-26)10-12-24/h9-12,22-23H,3-8,13-20H2,1-2H3. The van der Waals surface area contributed by atoms with Crippen LogP contribution in [0.15, 0.2) is 29.2 Å². The highest BCUT2D eigenvalue weighted by molar-refractivity contribution is 7.89. The van der Waals surface area contributed by atoms with Crippen molar-refractivity contribution in [1.29, 1.82) is 0 Å². The molecule has 1 aromatic carbocycles. The minimum Gasteiger partial charge on any atom is -0.370 e. The van der Waals surface area contributed by atoms with Gasteiger partial charge in [-0.2, -0.15) is 4.31 Å². The van der Waals surface area contributed by atoms with Crippen molar-refractivity contribution in [1.82, 2.24) is 14.1 Å². The molecule has 1 aromatic rings. The van der Waals surface area contributed by atoms with Crippen molar-refractivity contribution in [2.45, 2.75) is 50.1 Å². The predicted octanol–water partition coefficient (Wildman–Crippen LogP) is 3.15. The molecule has 34 heavy (non-hydrogen) atoms. The van der Waals surface area contributed by atoms with E-state index in [0.29, 0.717) is 11.5 Å². The van der Waals surface area contributed by atoms with Crippen LogP contribution in [0.4, 0.5) is 4.39 Å². The first kappa shape index (κ1) is 27.0. The van der Waals surface area contributed by atoms with Crippen molar-refractivity contribution >= 4 is 15.9 Å². The molecule has 0 bridgehead atoms. The number of alkyl halides is 1. The van der Waals surface area contributed by atoms with E-state index in [1.165, 1.54) is 93.8 Å². The molecule has 1 saturated heterocycles. The van der Waals surface area contributed by atoms with Gasteiger partial charge >= 0.3 is 0 Å². The van der Waals surface area contributed by atoms with Gasteiger partial charge in [-0.25, -0.2) is 12.8 Å². The molecule has 7 nitrogen and oxygen atoms in total. The highest BCUT2D eigenvalue weighted by Gasteiger charge is 2.26. The number of ether oxygens (including phenoxy) is 1. The Morgan fingerprint density at radius 2 is 1.68 bits per heavy atom. The van der Waals surface area contributed by atoms with Gasteiger partial charge in [-0.1, -0.05) is 12.1 Å². The molecule has 9 heteroatoms. The van der Waals surface area contributed by atoms with Crippen LogP contribution in [0.3, 0.4) is 0 Å². The molecular formula is C25H40FN3O4S. The fourth-order valence-corrected chi connectivity index (χ4v) is 6.08. The topological polar surface area (TPSA) is 70.2 Å². The van der Waals surface area contributed by atoms with E-state index in [4.69, 9.17) is 4.74 Å². The SMILES string of the molecule is CN(CC1CCC(CN2CCCC2)CC1)C(=O)COCCN(C)S(=O)(=O)c1ccc(CF)cc1. The maximum atomic E-state index is 12.6. The zero-order valence-electron chi connectivity index (χ0n) is 20.6. The van der Waals surface area contributed by atoms with Crippen molar-refractivity contribution in [2.75, 3.05) is 60.0 Å². The van der Waals surface area contributed by atoms with Gasteiger partial charge in [0.15, 0.2) is 0 Å². The first-order valence-electron chi connectivity index (χ1n) is 12.4. The zero-order valence-corrected chi connectivity index (χ0v) is 21.4. The van der Waals surface area contributed by atoms with E-state index in [1.807, 2.05) is 7.05 Å². The first-order chi connectivity index (χ1) is 16.3. The van der Waals surface area contributed by atoms with Crippen molar-refractivity contribution in [2.24, 2.45) is 11.8 Å². The number of sulfonamides is 1. The lowest BCUT2D eigenvalue weighted by atomic mass is 9.81. The molecule has 0 aromatic heterocycles. The Hall–Kier alpha value is -1.55. The van der Waals surface area contributed by atoms with Crippen LogP contribution in [0.5, 0.6) is 0 Å². The minimum atomic E-state index is -3.68. The van der Waals surface area contributed by atoms with Gasteiger partial charge in [-0.05, 0) is 81.1 Å². The summed E-state index contributed by atoms with van der Waals surface area (Å²) in [6.07, 6.45) is 7.52. The first-order valence-corrected chi connectivity index (χ1v) is 13.9. The van der Waals surface area contributed by atoms with Gasteiger partial charge in [0.1, 0.15) is 13.3 Å². The number of likely N-dealkylation sites (tertiary alicyclic amines) is 1. The summed E-state index contributed by atoms with van der Waals surface area (Å²) >= 11 is 0. The average Bonchev–Trinajstić information content (AvgIpc) is 3.35. The van der Waals surface area contributed by atoms with E-state index < -0.39 is 16.7 Å². The third kappa shape index (κ3) is 7.73. The lowest BCUT2D eigenvalue weighted by molar-refractivity contribution is -0.135. The Bertz CT molecular complexity index is 867. The second-order valence-electron chi connectivity index (χ2n) is 9.83. The largest absolute Gasteiger partial charge is 0.370 e. The van der Waals surface area contributed by atoms with Gasteiger partial charge in [0, 0.05) is 33.7 Å². The number of likely N-dealkylation sites (N-methyl/N-ethyl adjacent to an activating group) is 2. The van der Waals surface area contributed by atoms with Gasteiger partial charge in [-0.15, -0.1) is 0 Å². The molecule has 3 rings (SSSR count). The summed E-state index contributed by atoms with van der Waals surface area (Å²) in [5, 5.41) is 0. The van der Waals surface area contributed by atoms with Crippen molar-refractivity contribution in [3.63, 3.8) is 0 Å². The number of benzene rings is 1. The Labute approximate surface area is 204 Å².